The number of sulfonamides is 1. The van der Waals surface area contributed by atoms with E-state index in [1.807, 2.05) is 0 Å². The first-order valence-electron chi connectivity index (χ1n) is 6.00. The first-order valence-corrected chi connectivity index (χ1v) is 8.26. The highest BCUT2D eigenvalue weighted by atomic mass is 32.2. The van der Waals surface area contributed by atoms with Crippen LogP contribution in [0.2, 0.25) is 0 Å². The number of rotatable bonds is 2. The summed E-state index contributed by atoms with van der Waals surface area (Å²) in [6.07, 6.45) is 1.05. The van der Waals surface area contributed by atoms with Crippen molar-refractivity contribution in [2.75, 3.05) is 13.1 Å². The number of thiazole rings is 1. The lowest BCUT2D eigenvalue weighted by Crippen LogP contribution is -2.42. The fourth-order valence-electron chi connectivity index (χ4n) is 2.56. The van der Waals surface area contributed by atoms with Crippen LogP contribution in [0.4, 0.5) is 0 Å². The average molecular weight is 290 g/mol. The van der Waals surface area contributed by atoms with Gasteiger partial charge < -0.3 is 4.98 Å². The van der Waals surface area contributed by atoms with Crippen LogP contribution in [0.5, 0.6) is 0 Å². The van der Waals surface area contributed by atoms with Crippen LogP contribution in [-0.2, 0) is 10.0 Å². The minimum atomic E-state index is -3.52. The van der Waals surface area contributed by atoms with Gasteiger partial charge in [0.15, 0.2) is 4.21 Å². The third-order valence-electron chi connectivity index (χ3n) is 3.19. The zero-order valence-corrected chi connectivity index (χ0v) is 12.4. The molecule has 0 amide bonds. The number of nitrogens with one attached hydrogen (secondary N) is 1. The van der Waals surface area contributed by atoms with Crippen molar-refractivity contribution < 1.29 is 8.42 Å². The first kappa shape index (κ1) is 13.8. The van der Waals surface area contributed by atoms with E-state index in [1.54, 1.807) is 6.92 Å². The highest BCUT2D eigenvalue weighted by molar-refractivity contribution is 7.91. The molecule has 1 saturated heterocycles. The molecule has 2 heterocycles. The van der Waals surface area contributed by atoms with Gasteiger partial charge in [0, 0.05) is 18.8 Å². The number of nitrogens with zero attached hydrogens (tertiary/aromatic N) is 1. The summed E-state index contributed by atoms with van der Waals surface area (Å²) in [6.45, 7) is 6.83. The fourth-order valence-corrected chi connectivity index (χ4v) is 5.67. The number of aromatic amines is 1. The van der Waals surface area contributed by atoms with E-state index in [0.29, 0.717) is 30.6 Å². The molecule has 1 N–H and O–H groups in total. The summed E-state index contributed by atoms with van der Waals surface area (Å²) in [7, 11) is -3.52. The van der Waals surface area contributed by atoms with Crippen LogP contribution in [0.25, 0.3) is 0 Å². The number of piperidine rings is 1. The van der Waals surface area contributed by atoms with Gasteiger partial charge in [-0.25, -0.2) is 8.42 Å². The Morgan fingerprint density at radius 1 is 1.28 bits per heavy atom. The maximum atomic E-state index is 12.5. The van der Waals surface area contributed by atoms with E-state index >= 15 is 0 Å². The van der Waals surface area contributed by atoms with Gasteiger partial charge in [-0.1, -0.05) is 25.2 Å². The number of hydrogen-bond acceptors (Lipinski definition) is 4. The van der Waals surface area contributed by atoms with E-state index in [-0.39, 0.29) is 9.08 Å². The van der Waals surface area contributed by atoms with Crippen molar-refractivity contribution in [1.82, 2.24) is 9.29 Å². The van der Waals surface area contributed by atoms with Gasteiger partial charge in [-0.15, -0.1) is 0 Å². The van der Waals surface area contributed by atoms with E-state index in [4.69, 9.17) is 0 Å². The van der Waals surface area contributed by atoms with Crippen LogP contribution in [0.1, 0.15) is 26.0 Å². The first-order chi connectivity index (χ1) is 8.30. The van der Waals surface area contributed by atoms with E-state index < -0.39 is 10.0 Å². The highest BCUT2D eigenvalue weighted by Crippen LogP contribution is 2.28. The highest BCUT2D eigenvalue weighted by Gasteiger charge is 2.33. The van der Waals surface area contributed by atoms with Gasteiger partial charge in [-0.3, -0.25) is 4.79 Å². The topological polar surface area (TPSA) is 70.2 Å². The number of aryl methyl sites for hydroxylation is 1. The zero-order valence-electron chi connectivity index (χ0n) is 10.8. The van der Waals surface area contributed by atoms with Gasteiger partial charge in [0.25, 0.3) is 10.0 Å². The molecule has 2 unspecified atom stereocenters. The molecule has 0 spiro atoms. The number of H-pyrrole nitrogens is 1. The standard InChI is InChI=1S/C11H18N2O3S2/c1-7-4-8(2)6-13(5-7)18(15,16)10-9(3)12-11(14)17-10/h7-8H,4-6H2,1-3H3,(H,12,14). The van der Waals surface area contributed by atoms with Crippen molar-refractivity contribution in [1.29, 1.82) is 0 Å². The summed E-state index contributed by atoms with van der Waals surface area (Å²) in [5.41, 5.74) is 0.441. The lowest BCUT2D eigenvalue weighted by atomic mass is 9.94. The zero-order chi connectivity index (χ0) is 13.5. The second-order valence-corrected chi connectivity index (χ2v) is 8.31. The Bertz CT molecular complexity index is 578. The van der Waals surface area contributed by atoms with Crippen LogP contribution in [0, 0.1) is 18.8 Å². The van der Waals surface area contributed by atoms with Crippen molar-refractivity contribution in [2.45, 2.75) is 31.4 Å². The summed E-state index contributed by atoms with van der Waals surface area (Å²) in [5, 5.41) is 0. The molecule has 7 heteroatoms. The normalized spacial score (nSPS) is 26.4. The fraction of sp³-hybridized carbons (Fsp3) is 0.727. The Hall–Kier alpha value is -0.660. The summed E-state index contributed by atoms with van der Waals surface area (Å²) >= 11 is 0.777. The van der Waals surface area contributed by atoms with Crippen LogP contribution in [0.15, 0.2) is 9.00 Å². The molecule has 102 valence electrons. The van der Waals surface area contributed by atoms with Gasteiger partial charge in [0.1, 0.15) is 0 Å². The van der Waals surface area contributed by atoms with E-state index in [1.165, 1.54) is 4.31 Å². The van der Waals surface area contributed by atoms with Crippen LogP contribution in [0.3, 0.4) is 0 Å². The predicted molar refractivity (Wildman–Crippen MR) is 71.4 cm³/mol. The summed E-state index contributed by atoms with van der Waals surface area (Å²) in [5.74, 6) is 0.721. The Balaban J connectivity index is 2.37. The second kappa shape index (κ2) is 4.79. The minimum Gasteiger partial charge on any atom is -0.315 e. The molecule has 1 fully saturated rings. The molecule has 1 aromatic heterocycles. The SMILES string of the molecule is Cc1[nH]c(=O)sc1S(=O)(=O)N1CC(C)CC(C)C1. The Morgan fingerprint density at radius 3 is 2.28 bits per heavy atom. The maximum absolute atomic E-state index is 12.5. The van der Waals surface area contributed by atoms with E-state index in [0.717, 1.165) is 17.8 Å². The molecular weight excluding hydrogens is 272 g/mol. The largest absolute Gasteiger partial charge is 0.315 e. The second-order valence-electron chi connectivity index (χ2n) is 5.20. The monoisotopic (exact) mass is 290 g/mol. The van der Waals surface area contributed by atoms with Crippen molar-refractivity contribution in [3.05, 3.63) is 15.4 Å². The van der Waals surface area contributed by atoms with Crippen molar-refractivity contribution in [2.24, 2.45) is 11.8 Å². The number of hydrogen-bond donors (Lipinski definition) is 1. The van der Waals surface area contributed by atoms with Crippen molar-refractivity contribution in [3.8, 4) is 0 Å². The molecule has 0 aliphatic carbocycles. The molecule has 0 aromatic carbocycles. The smallest absolute Gasteiger partial charge is 0.305 e. The van der Waals surface area contributed by atoms with E-state index in [2.05, 4.69) is 18.8 Å². The Labute approximate surface area is 111 Å². The van der Waals surface area contributed by atoms with Gasteiger partial charge in [-0.05, 0) is 25.2 Å². The van der Waals surface area contributed by atoms with Crippen molar-refractivity contribution >= 4 is 21.4 Å². The summed E-state index contributed by atoms with van der Waals surface area (Å²) in [6, 6.07) is 0. The molecule has 5 nitrogen and oxygen atoms in total. The predicted octanol–water partition coefficient (Wildman–Crippen LogP) is 1.41. The van der Waals surface area contributed by atoms with Crippen LogP contribution >= 0.6 is 11.3 Å². The van der Waals surface area contributed by atoms with Gasteiger partial charge in [0.05, 0.1) is 0 Å². The molecule has 0 saturated carbocycles. The molecule has 18 heavy (non-hydrogen) atoms. The molecule has 2 rings (SSSR count). The van der Waals surface area contributed by atoms with Gasteiger partial charge in [-0.2, -0.15) is 4.31 Å². The molecule has 0 radical (unpaired) electrons. The number of aromatic nitrogens is 1. The molecule has 1 aliphatic rings. The van der Waals surface area contributed by atoms with Gasteiger partial charge >= 0.3 is 4.87 Å². The molecule has 1 aliphatic heterocycles. The third-order valence-corrected chi connectivity index (χ3v) is 6.60. The van der Waals surface area contributed by atoms with Crippen LogP contribution < -0.4 is 4.87 Å². The third kappa shape index (κ3) is 2.53. The Kier molecular flexibility index (Phi) is 3.66. The van der Waals surface area contributed by atoms with Gasteiger partial charge in [0.2, 0.25) is 0 Å². The molecule has 0 bridgehead atoms. The van der Waals surface area contributed by atoms with Crippen molar-refractivity contribution in [3.63, 3.8) is 0 Å². The lowest BCUT2D eigenvalue weighted by molar-refractivity contribution is 0.223. The lowest BCUT2D eigenvalue weighted by Gasteiger charge is -2.33. The Morgan fingerprint density at radius 2 is 1.83 bits per heavy atom. The van der Waals surface area contributed by atoms with Crippen LogP contribution in [-0.4, -0.2) is 30.8 Å². The molecule has 1 aromatic rings. The minimum absolute atomic E-state index is 0.161. The average Bonchev–Trinajstić information content (AvgIpc) is 2.57. The summed E-state index contributed by atoms with van der Waals surface area (Å²) < 4.78 is 26.7. The quantitative estimate of drug-likeness (QED) is 0.895. The maximum Gasteiger partial charge on any atom is 0.305 e. The molecule has 2 atom stereocenters. The van der Waals surface area contributed by atoms with E-state index in [9.17, 15) is 13.2 Å². The summed E-state index contributed by atoms with van der Waals surface area (Å²) in [4.78, 5) is 13.5. The molecular formula is C11H18N2O3S2.